The van der Waals surface area contributed by atoms with Crippen LogP contribution in [0.2, 0.25) is 0 Å². The number of aryl methyl sites for hydroxylation is 1. The van der Waals surface area contributed by atoms with Gasteiger partial charge >= 0.3 is 5.97 Å². The van der Waals surface area contributed by atoms with Gasteiger partial charge in [-0.3, -0.25) is 4.79 Å². The Morgan fingerprint density at radius 3 is 2.67 bits per heavy atom. The van der Waals surface area contributed by atoms with Crippen LogP contribution in [0.1, 0.15) is 21.5 Å². The molecule has 24 heavy (non-hydrogen) atoms. The summed E-state index contributed by atoms with van der Waals surface area (Å²) in [6.45, 7) is 1.25. The first-order chi connectivity index (χ1) is 11.4. The zero-order valence-corrected chi connectivity index (χ0v) is 14.4. The number of nitrogens with one attached hydrogen (secondary N) is 1. The Kier molecular flexibility index (Phi) is 5.92. The molecule has 2 rings (SSSR count). The third-order valence-corrected chi connectivity index (χ3v) is 3.68. The molecule has 0 bridgehead atoms. The Labute approximate surface area is 146 Å². The van der Waals surface area contributed by atoms with Gasteiger partial charge in [-0.05, 0) is 36.8 Å². The van der Waals surface area contributed by atoms with Gasteiger partial charge in [-0.15, -0.1) is 0 Å². The van der Waals surface area contributed by atoms with Gasteiger partial charge in [0.25, 0.3) is 5.91 Å². The van der Waals surface area contributed by atoms with Gasteiger partial charge in [0.1, 0.15) is 11.6 Å². The van der Waals surface area contributed by atoms with Gasteiger partial charge in [0.2, 0.25) is 0 Å². The third-order valence-electron chi connectivity index (χ3n) is 3.19. The average Bonchev–Trinajstić information content (AvgIpc) is 2.52. The molecule has 0 unspecified atom stereocenters. The molecule has 0 atom stereocenters. The summed E-state index contributed by atoms with van der Waals surface area (Å²) in [6, 6.07) is 9.39. The molecule has 0 aliphatic rings. The number of ether oxygens (including phenoxy) is 1. The van der Waals surface area contributed by atoms with Crippen molar-refractivity contribution in [2.45, 2.75) is 13.5 Å². The predicted molar refractivity (Wildman–Crippen MR) is 89.6 cm³/mol. The van der Waals surface area contributed by atoms with E-state index < -0.39 is 24.3 Å². The maximum absolute atomic E-state index is 13.8. The molecular formula is C17H15BrFNO4. The Morgan fingerprint density at radius 2 is 2.00 bits per heavy atom. The summed E-state index contributed by atoms with van der Waals surface area (Å²) in [5.41, 5.74) is 1.36. The summed E-state index contributed by atoms with van der Waals surface area (Å²) in [4.78, 5) is 22.9. The van der Waals surface area contributed by atoms with Gasteiger partial charge in [0.05, 0.1) is 5.56 Å². The second kappa shape index (κ2) is 7.92. The summed E-state index contributed by atoms with van der Waals surface area (Å²) in [5, 5.41) is 11.3. The molecule has 2 aromatic carbocycles. The van der Waals surface area contributed by atoms with E-state index in [9.17, 15) is 14.0 Å². The molecule has 0 aliphatic carbocycles. The lowest BCUT2D eigenvalue weighted by molar-refractivity contribution is -0.139. The van der Waals surface area contributed by atoms with Crippen LogP contribution in [0.4, 0.5) is 4.39 Å². The highest BCUT2D eigenvalue weighted by atomic mass is 79.9. The van der Waals surface area contributed by atoms with Crippen LogP contribution in [0.3, 0.4) is 0 Å². The van der Waals surface area contributed by atoms with Crippen LogP contribution < -0.4 is 10.1 Å². The lowest BCUT2D eigenvalue weighted by Crippen LogP contribution is -2.24. The van der Waals surface area contributed by atoms with Crippen molar-refractivity contribution >= 4 is 27.8 Å². The van der Waals surface area contributed by atoms with Crippen LogP contribution in [0, 0.1) is 12.7 Å². The van der Waals surface area contributed by atoms with Crippen molar-refractivity contribution in [1.82, 2.24) is 5.32 Å². The maximum atomic E-state index is 13.8. The third kappa shape index (κ3) is 4.79. The van der Waals surface area contributed by atoms with Gasteiger partial charge in [0, 0.05) is 16.6 Å². The number of carbonyl (C=O) groups is 2. The molecule has 0 aliphatic heterocycles. The molecule has 5 nitrogen and oxygen atoms in total. The molecule has 0 spiro atoms. The van der Waals surface area contributed by atoms with Crippen LogP contribution in [0.25, 0.3) is 0 Å². The fourth-order valence-corrected chi connectivity index (χ4v) is 2.34. The fraction of sp³-hybridized carbons (Fsp3) is 0.176. The van der Waals surface area contributed by atoms with E-state index in [4.69, 9.17) is 9.84 Å². The number of hydrogen-bond acceptors (Lipinski definition) is 3. The van der Waals surface area contributed by atoms with Crippen LogP contribution in [-0.2, 0) is 11.3 Å². The standard InChI is InChI=1S/C17H15BrFNO4/c1-10-2-5-13(15(6-10)24-9-16(21)22)17(23)20-8-11-3-4-12(18)7-14(11)19/h2-7H,8-9H2,1H3,(H,20,23)(H,21,22). The van der Waals surface area contributed by atoms with Gasteiger partial charge < -0.3 is 15.2 Å². The number of hydrogen-bond donors (Lipinski definition) is 2. The summed E-state index contributed by atoms with van der Waals surface area (Å²) in [5.74, 6) is -1.88. The maximum Gasteiger partial charge on any atom is 0.341 e. The minimum absolute atomic E-state index is 0.00416. The topological polar surface area (TPSA) is 75.6 Å². The molecule has 7 heteroatoms. The van der Waals surface area contributed by atoms with E-state index in [0.29, 0.717) is 10.0 Å². The Morgan fingerprint density at radius 1 is 1.25 bits per heavy atom. The van der Waals surface area contributed by atoms with E-state index in [1.807, 2.05) is 0 Å². The number of benzene rings is 2. The van der Waals surface area contributed by atoms with Crippen molar-refractivity contribution in [3.8, 4) is 5.75 Å². The van der Waals surface area contributed by atoms with Crippen molar-refractivity contribution in [2.75, 3.05) is 6.61 Å². The summed E-state index contributed by atoms with van der Waals surface area (Å²) in [6.07, 6.45) is 0. The second-order valence-corrected chi connectivity index (χ2v) is 6.02. The zero-order valence-electron chi connectivity index (χ0n) is 12.8. The molecule has 1 amide bonds. The van der Waals surface area contributed by atoms with E-state index in [-0.39, 0.29) is 17.9 Å². The van der Waals surface area contributed by atoms with Gasteiger partial charge in [-0.1, -0.05) is 28.1 Å². The highest BCUT2D eigenvalue weighted by Gasteiger charge is 2.14. The first kappa shape index (κ1) is 17.9. The minimum atomic E-state index is -1.14. The molecule has 0 saturated carbocycles. The van der Waals surface area contributed by atoms with E-state index in [1.165, 1.54) is 6.07 Å². The molecule has 126 valence electrons. The Hall–Kier alpha value is -2.41. The number of carbonyl (C=O) groups excluding carboxylic acids is 1. The van der Waals surface area contributed by atoms with Crippen LogP contribution in [-0.4, -0.2) is 23.6 Å². The molecule has 2 N–H and O–H groups in total. The number of halogens is 2. The van der Waals surface area contributed by atoms with Gasteiger partial charge in [-0.2, -0.15) is 0 Å². The smallest absolute Gasteiger partial charge is 0.341 e. The Balaban J connectivity index is 2.12. The molecule has 2 aromatic rings. The average molecular weight is 396 g/mol. The van der Waals surface area contributed by atoms with E-state index in [0.717, 1.165) is 5.56 Å². The van der Waals surface area contributed by atoms with Crippen molar-refractivity contribution in [3.05, 3.63) is 63.4 Å². The Bertz CT molecular complexity index is 779. The lowest BCUT2D eigenvalue weighted by atomic mass is 10.1. The van der Waals surface area contributed by atoms with Crippen molar-refractivity contribution in [3.63, 3.8) is 0 Å². The molecule has 0 aromatic heterocycles. The van der Waals surface area contributed by atoms with Crippen molar-refractivity contribution in [1.29, 1.82) is 0 Å². The van der Waals surface area contributed by atoms with Crippen LogP contribution in [0.15, 0.2) is 40.9 Å². The number of carboxylic acid groups (broad SMARTS) is 1. The summed E-state index contributed by atoms with van der Waals surface area (Å²) < 4.78 is 19.5. The SMILES string of the molecule is Cc1ccc(C(=O)NCc2ccc(Br)cc2F)c(OCC(=O)O)c1. The van der Waals surface area contributed by atoms with Gasteiger partial charge in [-0.25, -0.2) is 9.18 Å². The summed E-state index contributed by atoms with van der Waals surface area (Å²) in [7, 11) is 0. The zero-order chi connectivity index (χ0) is 17.7. The van der Waals surface area contributed by atoms with Crippen LogP contribution in [0.5, 0.6) is 5.75 Å². The molecule has 0 fully saturated rings. The quantitative estimate of drug-likeness (QED) is 0.786. The highest BCUT2D eigenvalue weighted by molar-refractivity contribution is 9.10. The molecule has 0 radical (unpaired) electrons. The lowest BCUT2D eigenvalue weighted by Gasteiger charge is -2.12. The second-order valence-electron chi connectivity index (χ2n) is 5.10. The first-order valence-corrected chi connectivity index (χ1v) is 7.83. The number of aliphatic carboxylic acids is 1. The molecule has 0 saturated heterocycles. The minimum Gasteiger partial charge on any atom is -0.481 e. The normalized spacial score (nSPS) is 10.3. The fourth-order valence-electron chi connectivity index (χ4n) is 2.01. The van der Waals surface area contributed by atoms with Crippen molar-refractivity contribution in [2.24, 2.45) is 0 Å². The molecule has 0 heterocycles. The predicted octanol–water partition coefficient (Wildman–Crippen LogP) is 3.29. The van der Waals surface area contributed by atoms with E-state index in [2.05, 4.69) is 21.2 Å². The van der Waals surface area contributed by atoms with Crippen molar-refractivity contribution < 1.29 is 23.8 Å². The number of amides is 1. The monoisotopic (exact) mass is 395 g/mol. The number of carboxylic acids is 1. The molecular weight excluding hydrogens is 381 g/mol. The highest BCUT2D eigenvalue weighted by Crippen LogP contribution is 2.21. The van der Waals surface area contributed by atoms with Gasteiger partial charge in [0.15, 0.2) is 6.61 Å². The van der Waals surface area contributed by atoms with Crippen LogP contribution >= 0.6 is 15.9 Å². The summed E-state index contributed by atoms with van der Waals surface area (Å²) >= 11 is 3.17. The largest absolute Gasteiger partial charge is 0.481 e. The first-order valence-electron chi connectivity index (χ1n) is 7.04. The number of rotatable bonds is 6. The van der Waals surface area contributed by atoms with E-state index >= 15 is 0 Å². The van der Waals surface area contributed by atoms with E-state index in [1.54, 1.807) is 37.3 Å².